The fraction of sp³-hybridized carbons (Fsp3) is 0.412. The van der Waals surface area contributed by atoms with Crippen molar-refractivity contribution in [3.8, 4) is 5.75 Å². The van der Waals surface area contributed by atoms with Crippen molar-refractivity contribution in [1.82, 2.24) is 24.6 Å². The highest BCUT2D eigenvalue weighted by molar-refractivity contribution is 5.94. The maximum Gasteiger partial charge on any atom is 0.254 e. The molecule has 1 saturated heterocycles. The SMILES string of the molecule is COc1cccc(C(=O)N2CCN(C(=O)CCn3cncn3)CC2)c1. The van der Waals surface area contributed by atoms with Gasteiger partial charge in [-0.1, -0.05) is 6.07 Å². The van der Waals surface area contributed by atoms with Crippen LogP contribution in [0.25, 0.3) is 0 Å². The van der Waals surface area contributed by atoms with E-state index in [9.17, 15) is 9.59 Å². The monoisotopic (exact) mass is 343 g/mol. The van der Waals surface area contributed by atoms with E-state index in [-0.39, 0.29) is 11.8 Å². The molecule has 25 heavy (non-hydrogen) atoms. The molecular weight excluding hydrogens is 322 g/mol. The van der Waals surface area contributed by atoms with Crippen LogP contribution in [0.3, 0.4) is 0 Å². The van der Waals surface area contributed by atoms with Crippen LogP contribution in [-0.2, 0) is 11.3 Å². The standard InChI is InChI=1S/C17H21N5O3/c1-25-15-4-2-3-14(11-15)17(24)21-9-7-20(8-10-21)16(23)5-6-22-13-18-12-19-22/h2-4,11-13H,5-10H2,1H3. The largest absolute Gasteiger partial charge is 0.497 e. The quantitative estimate of drug-likeness (QED) is 0.797. The van der Waals surface area contributed by atoms with Crippen molar-refractivity contribution in [2.45, 2.75) is 13.0 Å². The summed E-state index contributed by atoms with van der Waals surface area (Å²) in [5.41, 5.74) is 0.602. The third kappa shape index (κ3) is 4.14. The number of ether oxygens (including phenoxy) is 1. The highest BCUT2D eigenvalue weighted by atomic mass is 16.5. The average Bonchev–Trinajstić information content (AvgIpc) is 3.19. The minimum absolute atomic E-state index is 0.0337. The first-order valence-corrected chi connectivity index (χ1v) is 8.21. The summed E-state index contributed by atoms with van der Waals surface area (Å²) in [6.45, 7) is 2.68. The second-order valence-corrected chi connectivity index (χ2v) is 5.81. The average molecular weight is 343 g/mol. The Hall–Kier alpha value is -2.90. The number of amides is 2. The van der Waals surface area contributed by atoms with Crippen molar-refractivity contribution in [3.63, 3.8) is 0 Å². The summed E-state index contributed by atoms with van der Waals surface area (Å²) in [4.78, 5) is 32.3. The normalized spacial score (nSPS) is 14.4. The van der Waals surface area contributed by atoms with Gasteiger partial charge in [0.15, 0.2) is 0 Å². The number of aromatic nitrogens is 3. The van der Waals surface area contributed by atoms with Gasteiger partial charge in [-0.2, -0.15) is 5.10 Å². The first kappa shape index (κ1) is 16.9. The van der Waals surface area contributed by atoms with Crippen LogP contribution in [-0.4, -0.2) is 69.7 Å². The molecule has 3 rings (SSSR count). The van der Waals surface area contributed by atoms with Gasteiger partial charge in [0.1, 0.15) is 18.4 Å². The second-order valence-electron chi connectivity index (χ2n) is 5.81. The lowest BCUT2D eigenvalue weighted by Crippen LogP contribution is -2.50. The number of nitrogens with zero attached hydrogens (tertiary/aromatic N) is 5. The number of rotatable bonds is 5. The molecule has 0 N–H and O–H groups in total. The molecule has 0 radical (unpaired) electrons. The number of carbonyl (C=O) groups excluding carboxylic acids is 2. The van der Waals surface area contributed by atoms with Crippen LogP contribution in [0.15, 0.2) is 36.9 Å². The Morgan fingerprint density at radius 1 is 1.16 bits per heavy atom. The lowest BCUT2D eigenvalue weighted by atomic mass is 10.1. The number of aryl methyl sites for hydroxylation is 1. The van der Waals surface area contributed by atoms with Crippen molar-refractivity contribution in [2.75, 3.05) is 33.3 Å². The van der Waals surface area contributed by atoms with Crippen molar-refractivity contribution < 1.29 is 14.3 Å². The fourth-order valence-electron chi connectivity index (χ4n) is 2.81. The molecule has 1 aromatic heterocycles. The fourth-order valence-corrected chi connectivity index (χ4v) is 2.81. The van der Waals surface area contributed by atoms with Gasteiger partial charge in [-0.15, -0.1) is 0 Å². The molecule has 2 heterocycles. The summed E-state index contributed by atoms with van der Waals surface area (Å²) in [7, 11) is 1.58. The Morgan fingerprint density at radius 3 is 2.60 bits per heavy atom. The predicted octanol–water partition coefficient (Wildman–Crippen LogP) is 0.661. The highest BCUT2D eigenvalue weighted by Crippen LogP contribution is 2.15. The van der Waals surface area contributed by atoms with Crippen molar-refractivity contribution in [2.24, 2.45) is 0 Å². The first-order chi connectivity index (χ1) is 12.2. The predicted molar refractivity (Wildman–Crippen MR) is 90.1 cm³/mol. The van der Waals surface area contributed by atoms with Gasteiger partial charge in [0.2, 0.25) is 5.91 Å². The van der Waals surface area contributed by atoms with Crippen molar-refractivity contribution in [1.29, 1.82) is 0 Å². The van der Waals surface area contributed by atoms with E-state index in [1.807, 2.05) is 6.07 Å². The van der Waals surface area contributed by atoms with Gasteiger partial charge in [-0.05, 0) is 18.2 Å². The van der Waals surface area contributed by atoms with Gasteiger partial charge in [0, 0.05) is 38.2 Å². The summed E-state index contributed by atoms with van der Waals surface area (Å²) in [5, 5.41) is 3.99. The van der Waals surface area contributed by atoms with E-state index in [2.05, 4.69) is 10.1 Å². The van der Waals surface area contributed by atoms with Crippen LogP contribution in [0.2, 0.25) is 0 Å². The number of hydrogen-bond acceptors (Lipinski definition) is 5. The molecule has 0 bridgehead atoms. The van der Waals surface area contributed by atoms with E-state index >= 15 is 0 Å². The lowest BCUT2D eigenvalue weighted by Gasteiger charge is -2.35. The van der Waals surface area contributed by atoms with Gasteiger partial charge in [0.05, 0.1) is 13.7 Å². The van der Waals surface area contributed by atoms with Gasteiger partial charge in [-0.3, -0.25) is 14.3 Å². The van der Waals surface area contributed by atoms with Crippen LogP contribution >= 0.6 is 0 Å². The smallest absolute Gasteiger partial charge is 0.254 e. The molecule has 1 fully saturated rings. The molecule has 2 aromatic rings. The number of methoxy groups -OCH3 is 1. The molecule has 0 saturated carbocycles. The van der Waals surface area contributed by atoms with Crippen LogP contribution < -0.4 is 4.74 Å². The summed E-state index contributed by atoms with van der Waals surface area (Å²) < 4.78 is 6.80. The molecule has 1 aliphatic rings. The van der Waals surface area contributed by atoms with Gasteiger partial charge >= 0.3 is 0 Å². The molecule has 8 nitrogen and oxygen atoms in total. The number of carbonyl (C=O) groups is 2. The Labute approximate surface area is 146 Å². The molecule has 0 unspecified atom stereocenters. The Kier molecular flexibility index (Phi) is 5.27. The Balaban J connectivity index is 1.50. The van der Waals surface area contributed by atoms with Crippen LogP contribution in [0, 0.1) is 0 Å². The van der Waals surface area contributed by atoms with Crippen molar-refractivity contribution >= 4 is 11.8 Å². The maximum atomic E-state index is 12.6. The zero-order valence-electron chi connectivity index (χ0n) is 14.2. The molecule has 8 heteroatoms. The summed E-state index contributed by atoms with van der Waals surface area (Å²) in [5.74, 6) is 0.699. The summed E-state index contributed by atoms with van der Waals surface area (Å²) >= 11 is 0. The lowest BCUT2D eigenvalue weighted by molar-refractivity contribution is -0.132. The third-order valence-corrected chi connectivity index (χ3v) is 4.26. The topological polar surface area (TPSA) is 80.6 Å². The molecule has 0 spiro atoms. The number of hydrogen-bond donors (Lipinski definition) is 0. The second kappa shape index (κ2) is 7.78. The Morgan fingerprint density at radius 2 is 1.92 bits per heavy atom. The number of piperazine rings is 1. The van der Waals surface area contributed by atoms with E-state index < -0.39 is 0 Å². The minimum Gasteiger partial charge on any atom is -0.497 e. The minimum atomic E-state index is -0.0337. The first-order valence-electron chi connectivity index (χ1n) is 8.21. The molecule has 1 aliphatic heterocycles. The zero-order chi connectivity index (χ0) is 17.6. The van der Waals surface area contributed by atoms with Crippen LogP contribution in [0.5, 0.6) is 5.75 Å². The van der Waals surface area contributed by atoms with E-state index in [0.717, 1.165) is 0 Å². The van der Waals surface area contributed by atoms with Crippen LogP contribution in [0.4, 0.5) is 0 Å². The van der Waals surface area contributed by atoms with Crippen LogP contribution in [0.1, 0.15) is 16.8 Å². The van der Waals surface area contributed by atoms with Gasteiger partial charge < -0.3 is 14.5 Å². The highest BCUT2D eigenvalue weighted by Gasteiger charge is 2.24. The summed E-state index contributed by atoms with van der Waals surface area (Å²) in [6, 6.07) is 7.12. The molecule has 132 valence electrons. The maximum absolute atomic E-state index is 12.6. The molecule has 2 amide bonds. The van der Waals surface area contributed by atoms with E-state index in [0.29, 0.717) is 50.5 Å². The van der Waals surface area contributed by atoms with E-state index in [4.69, 9.17) is 4.74 Å². The molecule has 0 aliphatic carbocycles. The van der Waals surface area contributed by atoms with E-state index in [1.165, 1.54) is 6.33 Å². The molecule has 0 atom stereocenters. The summed E-state index contributed by atoms with van der Waals surface area (Å²) in [6.07, 6.45) is 3.43. The number of benzene rings is 1. The Bertz CT molecular complexity index is 724. The van der Waals surface area contributed by atoms with Gasteiger partial charge in [-0.25, -0.2) is 4.98 Å². The zero-order valence-corrected chi connectivity index (χ0v) is 14.2. The van der Waals surface area contributed by atoms with E-state index in [1.54, 1.807) is 46.1 Å². The third-order valence-electron chi connectivity index (χ3n) is 4.26. The molecule has 1 aromatic carbocycles. The van der Waals surface area contributed by atoms with Gasteiger partial charge in [0.25, 0.3) is 5.91 Å². The molecular formula is C17H21N5O3. The van der Waals surface area contributed by atoms with Crippen molar-refractivity contribution in [3.05, 3.63) is 42.5 Å².